The summed E-state index contributed by atoms with van der Waals surface area (Å²) in [4.78, 5) is 24.1. The van der Waals surface area contributed by atoms with Crippen molar-refractivity contribution in [1.29, 1.82) is 0 Å². The second-order valence-corrected chi connectivity index (χ2v) is 5.75. The molecule has 0 aliphatic carbocycles. The number of carbonyl (C=O) groups is 2. The highest BCUT2D eigenvalue weighted by molar-refractivity contribution is 5.98. The predicted octanol–water partition coefficient (Wildman–Crippen LogP) is 3.29. The number of esters is 1. The minimum absolute atomic E-state index is 0.139. The zero-order valence-electron chi connectivity index (χ0n) is 14.9. The van der Waals surface area contributed by atoms with Gasteiger partial charge in [0.1, 0.15) is 0 Å². The molecule has 0 fully saturated rings. The van der Waals surface area contributed by atoms with E-state index < -0.39 is 5.97 Å². The average Bonchev–Trinajstić information content (AvgIpc) is 2.62. The van der Waals surface area contributed by atoms with Crippen molar-refractivity contribution in [2.24, 2.45) is 0 Å². The molecule has 0 aromatic heterocycles. The van der Waals surface area contributed by atoms with Gasteiger partial charge in [-0.15, -0.1) is 0 Å². The second-order valence-electron chi connectivity index (χ2n) is 5.75. The van der Waals surface area contributed by atoms with Gasteiger partial charge in [0, 0.05) is 5.56 Å². The summed E-state index contributed by atoms with van der Waals surface area (Å²) in [6.45, 7) is 3.70. The maximum absolute atomic E-state index is 12.2. The Morgan fingerprint density at radius 1 is 0.880 bits per heavy atom. The lowest BCUT2D eigenvalue weighted by Crippen LogP contribution is -2.16. The molecular weight excluding hydrogens is 320 g/mol. The second kappa shape index (κ2) is 8.33. The van der Waals surface area contributed by atoms with Gasteiger partial charge in [-0.25, -0.2) is 0 Å². The quantitative estimate of drug-likeness (QED) is 0.571. The van der Waals surface area contributed by atoms with Gasteiger partial charge >= 0.3 is 5.97 Å². The van der Waals surface area contributed by atoms with E-state index in [0.717, 1.165) is 11.1 Å². The van der Waals surface area contributed by atoms with Gasteiger partial charge in [0.15, 0.2) is 23.9 Å². The number of rotatable bonds is 7. The van der Waals surface area contributed by atoms with Crippen LogP contribution in [0.5, 0.6) is 11.5 Å². The molecule has 25 heavy (non-hydrogen) atoms. The first kappa shape index (κ1) is 18.5. The number of methoxy groups -OCH3 is 2. The summed E-state index contributed by atoms with van der Waals surface area (Å²) in [6.07, 6.45) is 0.139. The molecule has 5 heteroatoms. The Morgan fingerprint density at radius 2 is 1.60 bits per heavy atom. The third-order valence-electron chi connectivity index (χ3n) is 3.99. The number of hydrogen-bond donors (Lipinski definition) is 0. The van der Waals surface area contributed by atoms with Crippen molar-refractivity contribution in [1.82, 2.24) is 0 Å². The van der Waals surface area contributed by atoms with Gasteiger partial charge in [0.25, 0.3) is 0 Å². The molecule has 0 saturated carbocycles. The van der Waals surface area contributed by atoms with E-state index >= 15 is 0 Å². The van der Waals surface area contributed by atoms with Gasteiger partial charge in [-0.2, -0.15) is 0 Å². The van der Waals surface area contributed by atoms with Crippen molar-refractivity contribution in [3.05, 3.63) is 58.7 Å². The number of ether oxygens (including phenoxy) is 3. The number of benzene rings is 2. The monoisotopic (exact) mass is 342 g/mol. The van der Waals surface area contributed by atoms with E-state index in [1.165, 1.54) is 19.8 Å². The highest BCUT2D eigenvalue weighted by atomic mass is 16.5. The molecule has 0 amide bonds. The first-order valence-corrected chi connectivity index (χ1v) is 7.91. The minimum atomic E-state index is -0.433. The zero-order chi connectivity index (χ0) is 18.4. The van der Waals surface area contributed by atoms with Gasteiger partial charge < -0.3 is 14.2 Å². The third-order valence-corrected chi connectivity index (χ3v) is 3.99. The fraction of sp³-hybridized carbons (Fsp3) is 0.300. The highest BCUT2D eigenvalue weighted by Gasteiger charge is 2.13. The first-order valence-electron chi connectivity index (χ1n) is 7.91. The van der Waals surface area contributed by atoms with Crippen LogP contribution >= 0.6 is 0 Å². The number of aryl methyl sites for hydroxylation is 2. The summed E-state index contributed by atoms with van der Waals surface area (Å²) in [6, 6.07) is 10.6. The number of ketones is 1. The summed E-state index contributed by atoms with van der Waals surface area (Å²) in [5.74, 6) is 0.257. The minimum Gasteiger partial charge on any atom is -0.493 e. The van der Waals surface area contributed by atoms with Crippen LogP contribution in [0.1, 0.15) is 27.0 Å². The molecule has 5 nitrogen and oxygen atoms in total. The lowest BCUT2D eigenvalue weighted by Gasteiger charge is -2.09. The van der Waals surface area contributed by atoms with Crippen molar-refractivity contribution in [3.63, 3.8) is 0 Å². The molecule has 0 unspecified atom stereocenters. The van der Waals surface area contributed by atoms with Crippen molar-refractivity contribution in [3.8, 4) is 11.5 Å². The predicted molar refractivity (Wildman–Crippen MR) is 94.5 cm³/mol. The van der Waals surface area contributed by atoms with Gasteiger partial charge in [-0.1, -0.05) is 18.2 Å². The van der Waals surface area contributed by atoms with Crippen LogP contribution in [0.4, 0.5) is 0 Å². The maximum Gasteiger partial charge on any atom is 0.310 e. The molecule has 0 radical (unpaired) electrons. The fourth-order valence-electron chi connectivity index (χ4n) is 2.37. The van der Waals surface area contributed by atoms with E-state index in [1.807, 2.05) is 32.0 Å². The van der Waals surface area contributed by atoms with Crippen LogP contribution in [0.2, 0.25) is 0 Å². The SMILES string of the molecule is COc1ccc(C(=O)COC(=O)Cc2ccc(C)c(C)c2)cc1OC. The van der Waals surface area contributed by atoms with Crippen molar-refractivity contribution in [2.45, 2.75) is 20.3 Å². The average molecular weight is 342 g/mol. The molecule has 0 saturated heterocycles. The van der Waals surface area contributed by atoms with Crippen LogP contribution in [0, 0.1) is 13.8 Å². The van der Waals surface area contributed by atoms with Gasteiger partial charge in [0.05, 0.1) is 20.6 Å². The lowest BCUT2D eigenvalue weighted by atomic mass is 10.0. The lowest BCUT2D eigenvalue weighted by molar-refractivity contribution is -0.141. The summed E-state index contributed by atoms with van der Waals surface area (Å²) >= 11 is 0. The Labute approximate surface area is 147 Å². The molecule has 2 aromatic rings. The molecule has 0 heterocycles. The van der Waals surface area contributed by atoms with Crippen molar-refractivity contribution in [2.75, 3.05) is 20.8 Å². The van der Waals surface area contributed by atoms with E-state index in [-0.39, 0.29) is 18.8 Å². The van der Waals surface area contributed by atoms with E-state index in [0.29, 0.717) is 17.1 Å². The molecule has 0 N–H and O–H groups in total. The Balaban J connectivity index is 1.94. The third kappa shape index (κ3) is 4.83. The van der Waals surface area contributed by atoms with Crippen LogP contribution in [-0.4, -0.2) is 32.6 Å². The summed E-state index contributed by atoms with van der Waals surface area (Å²) < 4.78 is 15.4. The number of Topliss-reactive ketones (excluding diaryl/α,β-unsaturated/α-hetero) is 1. The van der Waals surface area contributed by atoms with Crippen LogP contribution in [0.25, 0.3) is 0 Å². The topological polar surface area (TPSA) is 61.8 Å². The molecule has 2 aromatic carbocycles. The Kier molecular flexibility index (Phi) is 6.17. The first-order chi connectivity index (χ1) is 11.9. The Hall–Kier alpha value is -2.82. The highest BCUT2D eigenvalue weighted by Crippen LogP contribution is 2.27. The number of carbonyl (C=O) groups excluding carboxylic acids is 2. The standard InChI is InChI=1S/C20H22O5/c1-13-5-6-15(9-14(13)2)10-20(22)25-12-17(21)16-7-8-18(23-3)19(11-16)24-4/h5-9,11H,10,12H2,1-4H3. The molecule has 132 valence electrons. The Morgan fingerprint density at radius 3 is 2.24 bits per heavy atom. The molecule has 0 aliphatic rings. The van der Waals surface area contributed by atoms with E-state index in [9.17, 15) is 9.59 Å². The van der Waals surface area contributed by atoms with Crippen LogP contribution in [0.15, 0.2) is 36.4 Å². The van der Waals surface area contributed by atoms with Gasteiger partial charge in [-0.05, 0) is 48.7 Å². The van der Waals surface area contributed by atoms with Crippen LogP contribution < -0.4 is 9.47 Å². The zero-order valence-corrected chi connectivity index (χ0v) is 14.9. The number of hydrogen-bond acceptors (Lipinski definition) is 5. The molecular formula is C20H22O5. The van der Waals surface area contributed by atoms with Crippen LogP contribution in [0.3, 0.4) is 0 Å². The van der Waals surface area contributed by atoms with Crippen molar-refractivity contribution < 1.29 is 23.8 Å². The Bertz CT molecular complexity index is 780. The van der Waals surface area contributed by atoms with Crippen LogP contribution in [-0.2, 0) is 16.0 Å². The molecule has 0 bridgehead atoms. The fourth-order valence-corrected chi connectivity index (χ4v) is 2.37. The van der Waals surface area contributed by atoms with Crippen molar-refractivity contribution >= 4 is 11.8 Å². The van der Waals surface area contributed by atoms with E-state index in [4.69, 9.17) is 14.2 Å². The normalized spacial score (nSPS) is 10.2. The maximum atomic E-state index is 12.2. The summed E-state index contributed by atoms with van der Waals surface area (Å²) in [5.41, 5.74) is 3.55. The summed E-state index contributed by atoms with van der Waals surface area (Å²) in [5, 5.41) is 0. The van der Waals surface area contributed by atoms with Gasteiger partial charge in [-0.3, -0.25) is 9.59 Å². The molecule has 0 atom stereocenters. The van der Waals surface area contributed by atoms with E-state index in [2.05, 4.69) is 0 Å². The molecule has 0 aliphatic heterocycles. The van der Waals surface area contributed by atoms with E-state index in [1.54, 1.807) is 18.2 Å². The smallest absolute Gasteiger partial charge is 0.310 e. The summed E-state index contributed by atoms with van der Waals surface area (Å²) in [7, 11) is 3.02. The molecule has 2 rings (SSSR count). The largest absolute Gasteiger partial charge is 0.493 e. The van der Waals surface area contributed by atoms with Gasteiger partial charge in [0.2, 0.25) is 0 Å². The molecule has 0 spiro atoms.